The van der Waals surface area contributed by atoms with Crippen molar-refractivity contribution in [2.75, 3.05) is 13.2 Å². The summed E-state index contributed by atoms with van der Waals surface area (Å²) in [5.41, 5.74) is 2.60. The van der Waals surface area contributed by atoms with E-state index in [-0.39, 0.29) is 0 Å². The highest BCUT2D eigenvalue weighted by molar-refractivity contribution is 5.50. The topological polar surface area (TPSA) is 36.9 Å². The molecular formula is C20H26O4. The first-order chi connectivity index (χ1) is 11.4. The fourth-order valence-corrected chi connectivity index (χ4v) is 5.13. The minimum absolute atomic E-state index is 0.423. The van der Waals surface area contributed by atoms with Crippen LogP contribution in [-0.2, 0) is 22.3 Å². The Balaban J connectivity index is 1.54. The number of benzene rings is 1. The van der Waals surface area contributed by atoms with Crippen LogP contribution in [0.2, 0.25) is 0 Å². The number of hydrogen-bond donors (Lipinski definition) is 0. The van der Waals surface area contributed by atoms with Crippen molar-refractivity contribution < 1.29 is 18.9 Å². The quantitative estimate of drug-likeness (QED) is 0.729. The van der Waals surface area contributed by atoms with Gasteiger partial charge in [-0.25, -0.2) is 0 Å². The highest BCUT2D eigenvalue weighted by atomic mass is 16.7. The predicted octanol–water partition coefficient (Wildman–Crippen LogP) is 3.55. The summed E-state index contributed by atoms with van der Waals surface area (Å²) >= 11 is 0. The molecule has 0 amide bonds. The van der Waals surface area contributed by atoms with Gasteiger partial charge in [-0.15, -0.1) is 0 Å². The van der Waals surface area contributed by atoms with Crippen LogP contribution in [0.15, 0.2) is 12.1 Å². The van der Waals surface area contributed by atoms with Gasteiger partial charge in [0.05, 0.1) is 13.2 Å². The minimum atomic E-state index is -0.500. The summed E-state index contributed by atoms with van der Waals surface area (Å²) in [7, 11) is 0. The van der Waals surface area contributed by atoms with Gasteiger partial charge in [0.2, 0.25) is 11.6 Å². The summed E-state index contributed by atoms with van der Waals surface area (Å²) in [5, 5.41) is 0. The van der Waals surface area contributed by atoms with Gasteiger partial charge < -0.3 is 18.9 Å². The number of ether oxygens (including phenoxy) is 4. The van der Waals surface area contributed by atoms with Crippen LogP contribution in [0.5, 0.6) is 11.5 Å². The molecule has 130 valence electrons. The van der Waals surface area contributed by atoms with Crippen LogP contribution in [0.25, 0.3) is 0 Å². The third-order valence-electron chi connectivity index (χ3n) is 6.74. The van der Waals surface area contributed by atoms with Gasteiger partial charge in [0, 0.05) is 31.7 Å². The Labute approximate surface area is 143 Å². The van der Waals surface area contributed by atoms with Crippen LogP contribution in [-0.4, -0.2) is 24.8 Å². The molecule has 2 saturated heterocycles. The molecule has 5 rings (SSSR count). The van der Waals surface area contributed by atoms with Crippen LogP contribution in [0.3, 0.4) is 0 Å². The van der Waals surface area contributed by atoms with Gasteiger partial charge in [0.25, 0.3) is 0 Å². The Bertz CT molecular complexity index is 646. The summed E-state index contributed by atoms with van der Waals surface area (Å²) in [6.07, 6.45) is 2.04. The molecule has 4 heterocycles. The molecule has 1 aromatic carbocycles. The highest BCUT2D eigenvalue weighted by Gasteiger charge is 2.52. The SMILES string of the molecule is C[C@H]1CO[C@]2(C)Oc3cc4c(cc3C[C@H]12)C[C@H]1[C@@H](C)CO[C@@]1(C)O4. The first-order valence-corrected chi connectivity index (χ1v) is 9.20. The molecule has 0 aliphatic carbocycles. The standard InChI is InChI=1S/C20H26O4/c1-11-9-21-19(3)15(11)6-13-5-14-7-16-12(2)10-22-20(16,4)24-18(14)8-17(13)23-19/h5,8,11-12,15-16H,6-7,9-10H2,1-4H3/t11-,12-,15-,16+,19-,20+/m0/s1. The van der Waals surface area contributed by atoms with Gasteiger partial charge in [-0.05, 0) is 41.9 Å². The molecular weight excluding hydrogens is 304 g/mol. The van der Waals surface area contributed by atoms with E-state index in [9.17, 15) is 0 Å². The maximum atomic E-state index is 6.30. The fourth-order valence-electron chi connectivity index (χ4n) is 5.13. The zero-order chi connectivity index (χ0) is 16.7. The smallest absolute Gasteiger partial charge is 0.211 e. The summed E-state index contributed by atoms with van der Waals surface area (Å²) in [6.45, 7) is 10.2. The molecule has 0 unspecified atom stereocenters. The fraction of sp³-hybridized carbons (Fsp3) is 0.700. The highest BCUT2D eigenvalue weighted by Crippen LogP contribution is 2.51. The van der Waals surface area contributed by atoms with E-state index in [1.54, 1.807) is 0 Å². The lowest BCUT2D eigenvalue weighted by atomic mass is 9.79. The van der Waals surface area contributed by atoms with Crippen molar-refractivity contribution in [3.8, 4) is 11.5 Å². The van der Waals surface area contributed by atoms with Gasteiger partial charge in [0.15, 0.2) is 0 Å². The van der Waals surface area contributed by atoms with Gasteiger partial charge in [-0.3, -0.25) is 0 Å². The summed E-state index contributed by atoms with van der Waals surface area (Å²) in [4.78, 5) is 0. The normalized spacial score (nSPS) is 45.5. The van der Waals surface area contributed by atoms with E-state index >= 15 is 0 Å². The largest absolute Gasteiger partial charge is 0.462 e. The van der Waals surface area contributed by atoms with Crippen molar-refractivity contribution >= 4 is 0 Å². The molecule has 4 aliphatic rings. The molecule has 24 heavy (non-hydrogen) atoms. The molecule has 0 radical (unpaired) electrons. The number of hydrogen-bond acceptors (Lipinski definition) is 4. The van der Waals surface area contributed by atoms with E-state index in [2.05, 4.69) is 39.8 Å². The van der Waals surface area contributed by atoms with E-state index in [0.29, 0.717) is 23.7 Å². The van der Waals surface area contributed by atoms with Crippen molar-refractivity contribution in [1.29, 1.82) is 0 Å². The van der Waals surface area contributed by atoms with Gasteiger partial charge >= 0.3 is 0 Å². The summed E-state index contributed by atoms with van der Waals surface area (Å²) in [6, 6.07) is 4.37. The molecule has 6 atom stereocenters. The number of fused-ring (bicyclic) bond motifs is 4. The second kappa shape index (κ2) is 4.67. The molecule has 4 nitrogen and oxygen atoms in total. The Kier molecular flexibility index (Phi) is 2.93. The first kappa shape index (κ1) is 15.0. The second-order valence-corrected chi connectivity index (χ2v) is 8.50. The minimum Gasteiger partial charge on any atom is -0.462 e. The molecule has 0 saturated carbocycles. The van der Waals surface area contributed by atoms with Crippen LogP contribution in [0, 0.1) is 23.7 Å². The summed E-state index contributed by atoms with van der Waals surface area (Å²) < 4.78 is 24.6. The van der Waals surface area contributed by atoms with Crippen LogP contribution < -0.4 is 9.47 Å². The van der Waals surface area contributed by atoms with Gasteiger partial charge in [-0.1, -0.05) is 13.8 Å². The first-order valence-electron chi connectivity index (χ1n) is 9.20. The molecule has 0 N–H and O–H groups in total. The van der Waals surface area contributed by atoms with Crippen LogP contribution in [0.1, 0.15) is 38.8 Å². The lowest BCUT2D eigenvalue weighted by Crippen LogP contribution is -2.45. The van der Waals surface area contributed by atoms with Crippen molar-refractivity contribution in [1.82, 2.24) is 0 Å². The molecule has 0 spiro atoms. The molecule has 0 bridgehead atoms. The van der Waals surface area contributed by atoms with Crippen molar-refractivity contribution in [3.05, 3.63) is 23.3 Å². The molecule has 2 fully saturated rings. The third-order valence-corrected chi connectivity index (χ3v) is 6.74. The Morgan fingerprint density at radius 2 is 1.25 bits per heavy atom. The lowest BCUT2D eigenvalue weighted by Gasteiger charge is -2.41. The zero-order valence-electron chi connectivity index (χ0n) is 14.9. The maximum Gasteiger partial charge on any atom is 0.211 e. The van der Waals surface area contributed by atoms with Crippen LogP contribution >= 0.6 is 0 Å². The van der Waals surface area contributed by atoms with Crippen molar-refractivity contribution in [3.63, 3.8) is 0 Å². The third kappa shape index (κ3) is 1.93. The van der Waals surface area contributed by atoms with Crippen molar-refractivity contribution in [2.24, 2.45) is 23.7 Å². The maximum absolute atomic E-state index is 6.30. The van der Waals surface area contributed by atoms with E-state index < -0.39 is 11.6 Å². The molecule has 1 aromatic rings. The summed E-state index contributed by atoms with van der Waals surface area (Å²) in [5.74, 6) is 2.73. The Morgan fingerprint density at radius 1 is 0.792 bits per heavy atom. The second-order valence-electron chi connectivity index (χ2n) is 8.50. The van der Waals surface area contributed by atoms with Crippen LogP contribution in [0.4, 0.5) is 0 Å². The van der Waals surface area contributed by atoms with E-state index in [0.717, 1.165) is 37.6 Å². The average Bonchev–Trinajstić information content (AvgIpc) is 2.98. The van der Waals surface area contributed by atoms with Crippen molar-refractivity contribution in [2.45, 2.75) is 52.1 Å². The molecule has 4 aliphatic heterocycles. The Hall–Kier alpha value is -1.26. The average molecular weight is 330 g/mol. The lowest BCUT2D eigenvalue weighted by molar-refractivity contribution is -0.170. The predicted molar refractivity (Wildman–Crippen MR) is 89.1 cm³/mol. The van der Waals surface area contributed by atoms with E-state index in [1.807, 2.05) is 0 Å². The zero-order valence-corrected chi connectivity index (χ0v) is 14.9. The monoisotopic (exact) mass is 330 g/mol. The van der Waals surface area contributed by atoms with E-state index in [1.165, 1.54) is 11.1 Å². The number of rotatable bonds is 0. The Morgan fingerprint density at radius 3 is 1.71 bits per heavy atom. The van der Waals surface area contributed by atoms with Gasteiger partial charge in [-0.2, -0.15) is 0 Å². The van der Waals surface area contributed by atoms with Gasteiger partial charge in [0.1, 0.15) is 11.5 Å². The molecule has 4 heteroatoms. The van der Waals surface area contributed by atoms with E-state index in [4.69, 9.17) is 18.9 Å². The molecule has 0 aromatic heterocycles.